The Labute approximate surface area is 92.7 Å². The van der Waals surface area contributed by atoms with E-state index in [2.05, 4.69) is 16.9 Å². The average Bonchev–Trinajstić information content (AvgIpc) is 2.28. The second kappa shape index (κ2) is 4.68. The van der Waals surface area contributed by atoms with Crippen LogP contribution < -0.4 is 10.7 Å². The van der Waals surface area contributed by atoms with Crippen LogP contribution in [-0.4, -0.2) is 22.3 Å². The fourth-order valence-corrected chi connectivity index (χ4v) is 1.67. The monoisotopic (exact) mass is 224 g/mol. The Kier molecular flexibility index (Phi) is 3.27. The molecule has 1 heterocycles. The van der Waals surface area contributed by atoms with Crippen molar-refractivity contribution < 1.29 is 8.78 Å². The molecule has 2 rings (SSSR count). The van der Waals surface area contributed by atoms with Crippen LogP contribution in [0.3, 0.4) is 0 Å². The standard InChI is InChI=1S/C12H14F2N2/c1-2-3-4-8-7-15-11-5-9(13)10(14)6-12(11)16-8/h5-7,9-10H,2-4H2,1H3. The molecule has 16 heavy (non-hydrogen) atoms. The summed E-state index contributed by atoms with van der Waals surface area (Å²) in [7, 11) is 0. The van der Waals surface area contributed by atoms with Gasteiger partial charge in [-0.15, -0.1) is 0 Å². The molecule has 2 atom stereocenters. The Morgan fingerprint density at radius 1 is 1.19 bits per heavy atom. The van der Waals surface area contributed by atoms with Crippen molar-refractivity contribution in [2.24, 2.45) is 0 Å². The maximum Gasteiger partial charge on any atom is 0.155 e. The van der Waals surface area contributed by atoms with Crippen molar-refractivity contribution in [2.45, 2.75) is 38.5 Å². The van der Waals surface area contributed by atoms with Gasteiger partial charge in [0.2, 0.25) is 0 Å². The van der Waals surface area contributed by atoms with Gasteiger partial charge >= 0.3 is 0 Å². The molecule has 0 spiro atoms. The Morgan fingerprint density at radius 3 is 2.56 bits per heavy atom. The van der Waals surface area contributed by atoms with E-state index in [-0.39, 0.29) is 0 Å². The lowest BCUT2D eigenvalue weighted by molar-refractivity contribution is 0.270. The molecule has 0 N–H and O–H groups in total. The average molecular weight is 224 g/mol. The number of aryl methyl sites for hydroxylation is 1. The number of alkyl halides is 2. The molecule has 86 valence electrons. The highest BCUT2D eigenvalue weighted by molar-refractivity contribution is 5.42. The molecule has 0 saturated carbocycles. The fraction of sp³-hybridized carbons (Fsp3) is 0.500. The van der Waals surface area contributed by atoms with Crippen LogP contribution in [0.15, 0.2) is 6.20 Å². The van der Waals surface area contributed by atoms with Gasteiger partial charge in [0.15, 0.2) is 12.3 Å². The summed E-state index contributed by atoms with van der Waals surface area (Å²) in [5.74, 6) is 0. The van der Waals surface area contributed by atoms with Crippen molar-refractivity contribution in [3.8, 4) is 0 Å². The van der Waals surface area contributed by atoms with E-state index in [0.717, 1.165) is 25.0 Å². The third kappa shape index (κ3) is 2.26. The van der Waals surface area contributed by atoms with Crippen molar-refractivity contribution in [3.63, 3.8) is 0 Å². The minimum Gasteiger partial charge on any atom is -0.253 e. The summed E-state index contributed by atoms with van der Waals surface area (Å²) in [5, 5.41) is 0.914. The molecule has 0 aliphatic heterocycles. The molecule has 4 heteroatoms. The molecule has 0 saturated heterocycles. The first-order valence-corrected chi connectivity index (χ1v) is 5.54. The van der Waals surface area contributed by atoms with Gasteiger partial charge in [0, 0.05) is 6.20 Å². The predicted octanol–water partition coefficient (Wildman–Crippen LogP) is 1.07. The smallest absolute Gasteiger partial charge is 0.155 e. The van der Waals surface area contributed by atoms with Crippen LogP contribution in [0, 0.1) is 0 Å². The van der Waals surface area contributed by atoms with Gasteiger partial charge in [0.05, 0.1) is 16.4 Å². The second-order valence-corrected chi connectivity index (χ2v) is 3.96. The van der Waals surface area contributed by atoms with E-state index in [9.17, 15) is 8.78 Å². The lowest BCUT2D eigenvalue weighted by Crippen LogP contribution is -2.39. The lowest BCUT2D eigenvalue weighted by atomic mass is 10.1. The van der Waals surface area contributed by atoms with E-state index in [1.165, 1.54) is 12.2 Å². The molecule has 0 radical (unpaired) electrons. The fourth-order valence-electron chi connectivity index (χ4n) is 1.67. The molecule has 1 aromatic heterocycles. The minimum atomic E-state index is -1.59. The van der Waals surface area contributed by atoms with Crippen LogP contribution in [-0.2, 0) is 6.42 Å². The van der Waals surface area contributed by atoms with Gasteiger partial charge in [-0.25, -0.2) is 13.8 Å². The summed E-state index contributed by atoms with van der Waals surface area (Å²) in [5.41, 5.74) is 0.842. The molecule has 2 unspecified atom stereocenters. The number of rotatable bonds is 3. The molecule has 1 aliphatic carbocycles. The van der Waals surface area contributed by atoms with E-state index in [1.807, 2.05) is 0 Å². The zero-order valence-electron chi connectivity index (χ0n) is 9.16. The van der Waals surface area contributed by atoms with Crippen LogP contribution in [0.2, 0.25) is 0 Å². The number of nitrogens with zero attached hydrogens (tertiary/aromatic N) is 2. The number of fused-ring (bicyclic) bond motifs is 1. The van der Waals surface area contributed by atoms with Gasteiger partial charge < -0.3 is 0 Å². The maximum atomic E-state index is 13.1. The number of unbranched alkanes of at least 4 members (excludes halogenated alkanes) is 1. The maximum absolute atomic E-state index is 13.1. The van der Waals surface area contributed by atoms with Crippen LogP contribution in [0.4, 0.5) is 8.78 Å². The summed E-state index contributed by atoms with van der Waals surface area (Å²) in [6, 6.07) is 0. The third-order valence-corrected chi connectivity index (χ3v) is 2.60. The van der Waals surface area contributed by atoms with Crippen LogP contribution in [0.25, 0.3) is 12.2 Å². The van der Waals surface area contributed by atoms with Crippen LogP contribution in [0.1, 0.15) is 25.5 Å². The molecule has 0 aromatic carbocycles. The van der Waals surface area contributed by atoms with Crippen LogP contribution >= 0.6 is 0 Å². The van der Waals surface area contributed by atoms with E-state index >= 15 is 0 Å². The van der Waals surface area contributed by atoms with Crippen molar-refractivity contribution >= 4 is 12.2 Å². The van der Waals surface area contributed by atoms with Gasteiger partial charge in [-0.05, 0) is 25.0 Å². The van der Waals surface area contributed by atoms with Crippen molar-refractivity contribution in [1.82, 2.24) is 9.97 Å². The first-order valence-electron chi connectivity index (χ1n) is 5.54. The minimum absolute atomic E-state index is 0.446. The van der Waals surface area contributed by atoms with Crippen molar-refractivity contribution in [3.05, 3.63) is 22.6 Å². The number of aromatic nitrogens is 2. The third-order valence-electron chi connectivity index (χ3n) is 2.60. The molecular weight excluding hydrogens is 210 g/mol. The Balaban J connectivity index is 2.36. The first kappa shape index (κ1) is 11.2. The zero-order valence-corrected chi connectivity index (χ0v) is 9.16. The van der Waals surface area contributed by atoms with E-state index in [4.69, 9.17) is 0 Å². The quantitative estimate of drug-likeness (QED) is 0.767. The SMILES string of the molecule is CCCCc1cnc2c(n1)=CC(F)C(F)C=2. The van der Waals surface area contributed by atoms with Crippen molar-refractivity contribution in [1.29, 1.82) is 0 Å². The molecule has 1 aromatic rings. The molecule has 1 aliphatic rings. The number of hydrogen-bond donors (Lipinski definition) is 0. The Hall–Kier alpha value is -1.32. The van der Waals surface area contributed by atoms with Gasteiger partial charge in [-0.1, -0.05) is 13.3 Å². The van der Waals surface area contributed by atoms with Gasteiger partial charge in [-0.2, -0.15) is 0 Å². The zero-order chi connectivity index (χ0) is 11.5. The van der Waals surface area contributed by atoms with Crippen molar-refractivity contribution in [2.75, 3.05) is 0 Å². The van der Waals surface area contributed by atoms with Crippen LogP contribution in [0.5, 0.6) is 0 Å². The summed E-state index contributed by atoms with van der Waals surface area (Å²) >= 11 is 0. The summed E-state index contributed by atoms with van der Waals surface area (Å²) in [6.07, 6.45) is 3.80. The molecule has 0 fully saturated rings. The second-order valence-electron chi connectivity index (χ2n) is 3.96. The highest BCUT2D eigenvalue weighted by Gasteiger charge is 2.19. The van der Waals surface area contributed by atoms with Gasteiger partial charge in [0.1, 0.15) is 0 Å². The lowest BCUT2D eigenvalue weighted by Gasteiger charge is -2.09. The van der Waals surface area contributed by atoms with E-state index in [0.29, 0.717) is 10.7 Å². The highest BCUT2D eigenvalue weighted by atomic mass is 19.2. The van der Waals surface area contributed by atoms with Gasteiger partial charge in [0.25, 0.3) is 0 Å². The van der Waals surface area contributed by atoms with Gasteiger partial charge in [-0.3, -0.25) is 4.98 Å². The first-order chi connectivity index (χ1) is 7.70. The predicted molar refractivity (Wildman–Crippen MR) is 58.6 cm³/mol. The highest BCUT2D eigenvalue weighted by Crippen LogP contribution is 2.08. The molecular formula is C12H14F2N2. The molecule has 0 bridgehead atoms. The summed E-state index contributed by atoms with van der Waals surface area (Å²) < 4.78 is 26.1. The molecule has 2 nitrogen and oxygen atoms in total. The van der Waals surface area contributed by atoms with E-state index in [1.54, 1.807) is 6.20 Å². The number of hydrogen-bond acceptors (Lipinski definition) is 2. The largest absolute Gasteiger partial charge is 0.253 e. The summed E-state index contributed by atoms with van der Waals surface area (Å²) in [6.45, 7) is 2.09. The van der Waals surface area contributed by atoms with E-state index < -0.39 is 12.3 Å². The topological polar surface area (TPSA) is 25.8 Å². The molecule has 0 amide bonds. The Morgan fingerprint density at radius 2 is 1.88 bits per heavy atom. The summed E-state index contributed by atoms with van der Waals surface area (Å²) in [4.78, 5) is 8.38. The normalized spacial score (nSPS) is 23.2. The number of halogens is 2. The Bertz CT molecular complexity index is 484.